The van der Waals surface area contributed by atoms with Gasteiger partial charge >= 0.3 is 5.69 Å². The van der Waals surface area contributed by atoms with Gasteiger partial charge in [0.15, 0.2) is 5.82 Å². The van der Waals surface area contributed by atoms with Crippen LogP contribution >= 0.6 is 0 Å². The van der Waals surface area contributed by atoms with Gasteiger partial charge in [-0.15, -0.1) is 5.10 Å². The molecule has 0 bridgehead atoms. The van der Waals surface area contributed by atoms with E-state index < -0.39 is 10.0 Å². The second-order valence-corrected chi connectivity index (χ2v) is 7.11. The molecule has 0 fully saturated rings. The van der Waals surface area contributed by atoms with E-state index in [9.17, 15) is 13.2 Å². The predicted octanol–water partition coefficient (Wildman–Crippen LogP) is 0.622. The quantitative estimate of drug-likeness (QED) is 0.696. The van der Waals surface area contributed by atoms with Crippen LogP contribution in [0.5, 0.6) is 0 Å². The highest BCUT2D eigenvalue weighted by atomic mass is 32.2. The van der Waals surface area contributed by atoms with Gasteiger partial charge in [-0.1, -0.05) is 18.2 Å². The number of benzene rings is 1. The molecule has 3 aromatic rings. The molecule has 3 rings (SSSR count). The van der Waals surface area contributed by atoms with Gasteiger partial charge in [0.1, 0.15) is 0 Å². The van der Waals surface area contributed by atoms with Crippen molar-refractivity contribution < 1.29 is 8.42 Å². The van der Waals surface area contributed by atoms with Crippen molar-refractivity contribution in [1.29, 1.82) is 0 Å². The van der Waals surface area contributed by atoms with Crippen molar-refractivity contribution in [3.8, 4) is 11.4 Å². The fraction of sp³-hybridized carbons (Fsp3) is 0.188. The summed E-state index contributed by atoms with van der Waals surface area (Å²) in [6.45, 7) is 0.180. The first-order valence-corrected chi connectivity index (χ1v) is 9.06. The Morgan fingerprint density at radius 2 is 1.88 bits per heavy atom. The first-order valence-electron chi connectivity index (χ1n) is 7.58. The predicted molar refractivity (Wildman–Crippen MR) is 92.3 cm³/mol. The van der Waals surface area contributed by atoms with Gasteiger partial charge in [0.25, 0.3) is 0 Å². The normalized spacial score (nSPS) is 11.6. The monoisotopic (exact) mass is 359 g/mol. The zero-order valence-electron chi connectivity index (χ0n) is 13.5. The summed E-state index contributed by atoms with van der Waals surface area (Å²) in [5.74, 6) is 0.476. The van der Waals surface area contributed by atoms with E-state index in [4.69, 9.17) is 0 Å². The first-order chi connectivity index (χ1) is 12.0. The number of hydrogen-bond acceptors (Lipinski definition) is 5. The fourth-order valence-electron chi connectivity index (χ4n) is 2.35. The summed E-state index contributed by atoms with van der Waals surface area (Å²) < 4.78 is 29.4. The van der Waals surface area contributed by atoms with Gasteiger partial charge in [0, 0.05) is 31.5 Å². The smallest absolute Gasteiger partial charge is 0.278 e. The number of hydrogen-bond donors (Lipinski definition) is 1. The lowest BCUT2D eigenvalue weighted by Crippen LogP contribution is -2.31. The number of pyridine rings is 1. The molecule has 25 heavy (non-hydrogen) atoms. The molecule has 1 N–H and O–H groups in total. The van der Waals surface area contributed by atoms with Gasteiger partial charge < -0.3 is 0 Å². The Hall–Kier alpha value is -2.78. The molecular weight excluding hydrogens is 342 g/mol. The lowest BCUT2D eigenvalue weighted by atomic mass is 10.3. The van der Waals surface area contributed by atoms with Crippen molar-refractivity contribution in [2.75, 3.05) is 6.54 Å². The molecule has 0 saturated carbocycles. The van der Waals surface area contributed by atoms with Gasteiger partial charge in [0.2, 0.25) is 10.0 Å². The Bertz CT molecular complexity index is 1010. The van der Waals surface area contributed by atoms with E-state index in [1.54, 1.807) is 49.8 Å². The molecule has 0 aliphatic heterocycles. The summed E-state index contributed by atoms with van der Waals surface area (Å²) in [7, 11) is -2.00. The van der Waals surface area contributed by atoms with Crippen molar-refractivity contribution in [1.82, 2.24) is 24.1 Å². The highest BCUT2D eigenvalue weighted by Crippen LogP contribution is 2.12. The summed E-state index contributed by atoms with van der Waals surface area (Å²) >= 11 is 0. The molecule has 0 aliphatic rings. The number of sulfonamides is 1. The van der Waals surface area contributed by atoms with Crippen LogP contribution in [0.1, 0.15) is 0 Å². The van der Waals surface area contributed by atoms with E-state index in [0.29, 0.717) is 11.4 Å². The van der Waals surface area contributed by atoms with Crippen LogP contribution in [0.15, 0.2) is 64.5 Å². The van der Waals surface area contributed by atoms with Crippen molar-refractivity contribution in [2.24, 2.45) is 7.05 Å². The molecule has 0 atom stereocenters. The van der Waals surface area contributed by atoms with Crippen LogP contribution < -0.4 is 10.4 Å². The molecular formula is C16H17N5O3S. The van der Waals surface area contributed by atoms with Crippen LogP contribution in [0.4, 0.5) is 0 Å². The summed E-state index contributed by atoms with van der Waals surface area (Å²) in [4.78, 5) is 16.4. The Kier molecular flexibility index (Phi) is 4.77. The summed E-state index contributed by atoms with van der Waals surface area (Å²) in [6.07, 6.45) is 3.25. The van der Waals surface area contributed by atoms with Crippen LogP contribution in [-0.2, 0) is 23.6 Å². The van der Waals surface area contributed by atoms with Gasteiger partial charge in [-0.05, 0) is 24.3 Å². The summed E-state index contributed by atoms with van der Waals surface area (Å²) in [5.41, 5.74) is 0.392. The zero-order valence-corrected chi connectivity index (χ0v) is 14.3. The maximum absolute atomic E-state index is 12.3. The molecule has 8 nitrogen and oxygen atoms in total. The Balaban J connectivity index is 1.74. The average Bonchev–Trinajstić information content (AvgIpc) is 2.92. The van der Waals surface area contributed by atoms with Crippen molar-refractivity contribution >= 4 is 10.0 Å². The minimum absolute atomic E-state index is 0.0562. The second-order valence-electron chi connectivity index (χ2n) is 5.34. The van der Waals surface area contributed by atoms with Crippen molar-refractivity contribution in [3.05, 3.63) is 65.3 Å². The van der Waals surface area contributed by atoms with Crippen LogP contribution in [-0.4, -0.2) is 34.3 Å². The average molecular weight is 359 g/mol. The Morgan fingerprint density at radius 1 is 1.12 bits per heavy atom. The highest BCUT2D eigenvalue weighted by molar-refractivity contribution is 7.89. The van der Waals surface area contributed by atoms with E-state index in [-0.39, 0.29) is 23.7 Å². The van der Waals surface area contributed by atoms with Gasteiger partial charge in [-0.25, -0.2) is 22.6 Å². The topological polar surface area (TPSA) is 98.9 Å². The lowest BCUT2D eigenvalue weighted by Gasteiger charge is -2.06. The SMILES string of the molecule is Cn1c(-c2cccnc2)nn(CCNS(=O)(=O)c2ccccc2)c1=O. The molecule has 0 unspecified atom stereocenters. The largest absolute Gasteiger partial charge is 0.345 e. The summed E-state index contributed by atoms with van der Waals surface area (Å²) in [5, 5.41) is 4.26. The van der Waals surface area contributed by atoms with Crippen LogP contribution in [0, 0.1) is 0 Å². The number of nitrogens with one attached hydrogen (secondary N) is 1. The van der Waals surface area contributed by atoms with Gasteiger partial charge in [-0.2, -0.15) is 0 Å². The van der Waals surface area contributed by atoms with Gasteiger partial charge in [-0.3, -0.25) is 9.55 Å². The van der Waals surface area contributed by atoms with E-state index in [1.165, 1.54) is 21.4 Å². The molecule has 1 aromatic carbocycles. The van der Waals surface area contributed by atoms with Crippen LogP contribution in [0.3, 0.4) is 0 Å². The standard InChI is InChI=1S/C16H17N5O3S/c1-20-15(13-6-5-9-17-12-13)19-21(16(20)22)11-10-18-25(23,24)14-7-3-2-4-8-14/h2-9,12,18H,10-11H2,1H3. The maximum Gasteiger partial charge on any atom is 0.345 e. The van der Waals surface area contributed by atoms with E-state index >= 15 is 0 Å². The molecule has 0 saturated heterocycles. The maximum atomic E-state index is 12.3. The molecule has 0 amide bonds. The van der Waals surface area contributed by atoms with E-state index in [2.05, 4.69) is 14.8 Å². The van der Waals surface area contributed by atoms with Crippen molar-refractivity contribution in [2.45, 2.75) is 11.4 Å². The fourth-order valence-corrected chi connectivity index (χ4v) is 3.39. The van der Waals surface area contributed by atoms with Gasteiger partial charge in [0.05, 0.1) is 11.4 Å². The third-order valence-corrected chi connectivity index (χ3v) is 5.11. The number of aromatic nitrogens is 4. The number of rotatable bonds is 6. The van der Waals surface area contributed by atoms with Crippen LogP contribution in [0.25, 0.3) is 11.4 Å². The Morgan fingerprint density at radius 3 is 2.56 bits per heavy atom. The molecule has 2 heterocycles. The Labute approximate surface area is 144 Å². The van der Waals surface area contributed by atoms with Crippen molar-refractivity contribution in [3.63, 3.8) is 0 Å². The highest BCUT2D eigenvalue weighted by Gasteiger charge is 2.15. The van der Waals surface area contributed by atoms with E-state index in [0.717, 1.165) is 0 Å². The minimum Gasteiger partial charge on any atom is -0.278 e. The second kappa shape index (κ2) is 6.99. The van der Waals surface area contributed by atoms with Crippen LogP contribution in [0.2, 0.25) is 0 Å². The molecule has 0 aliphatic carbocycles. The molecule has 9 heteroatoms. The summed E-state index contributed by atoms with van der Waals surface area (Å²) in [6, 6.07) is 11.6. The first kappa shape index (κ1) is 17.1. The third-order valence-electron chi connectivity index (χ3n) is 3.63. The minimum atomic E-state index is -3.61. The molecule has 0 spiro atoms. The van der Waals surface area contributed by atoms with E-state index in [1.807, 2.05) is 0 Å². The number of nitrogens with zero attached hydrogens (tertiary/aromatic N) is 4. The molecule has 2 aromatic heterocycles. The zero-order chi connectivity index (χ0) is 17.9. The third kappa shape index (κ3) is 3.67. The molecule has 130 valence electrons. The molecule has 0 radical (unpaired) electrons. The lowest BCUT2D eigenvalue weighted by molar-refractivity contribution is 0.551.